The van der Waals surface area contributed by atoms with Crippen molar-refractivity contribution in [1.29, 1.82) is 0 Å². The maximum absolute atomic E-state index is 13.8. The number of rotatable bonds is 2. The number of amides is 1. The maximum atomic E-state index is 13.8. The second kappa shape index (κ2) is 5.57. The van der Waals surface area contributed by atoms with E-state index in [0.29, 0.717) is 6.54 Å². The van der Waals surface area contributed by atoms with E-state index in [2.05, 4.69) is 0 Å². The summed E-state index contributed by atoms with van der Waals surface area (Å²) in [7, 11) is 0. The molecule has 1 fully saturated rings. The number of likely N-dealkylation sites (tertiary alicyclic amines) is 1. The Balaban J connectivity index is 2.30. The predicted octanol–water partition coefficient (Wildman–Crippen LogP) is 1.87. The molecule has 2 unspecified atom stereocenters. The molecule has 1 saturated heterocycles. The molecule has 5 heteroatoms. The van der Waals surface area contributed by atoms with Gasteiger partial charge in [-0.3, -0.25) is 4.79 Å². The number of piperidine rings is 1. The first kappa shape index (κ1) is 13.8. The van der Waals surface area contributed by atoms with Crippen molar-refractivity contribution in [2.75, 3.05) is 6.54 Å². The number of nitrogens with two attached hydrogens (primary N) is 1. The summed E-state index contributed by atoms with van der Waals surface area (Å²) in [6, 6.07) is 3.62. The Morgan fingerprint density at radius 2 is 2.26 bits per heavy atom. The summed E-state index contributed by atoms with van der Waals surface area (Å²) in [6.45, 7) is 2.34. The molecule has 1 heterocycles. The van der Waals surface area contributed by atoms with E-state index in [1.165, 1.54) is 12.1 Å². The van der Waals surface area contributed by atoms with Crippen molar-refractivity contribution in [3.05, 3.63) is 29.6 Å². The van der Waals surface area contributed by atoms with Crippen molar-refractivity contribution in [3.8, 4) is 5.75 Å². The van der Waals surface area contributed by atoms with Crippen molar-refractivity contribution in [2.45, 2.75) is 38.3 Å². The summed E-state index contributed by atoms with van der Waals surface area (Å²) in [6.07, 6.45) is 2.79. The highest BCUT2D eigenvalue weighted by molar-refractivity contribution is 5.95. The average Bonchev–Trinajstić information content (AvgIpc) is 2.37. The van der Waals surface area contributed by atoms with Gasteiger partial charge in [0.1, 0.15) is 11.6 Å². The second-order valence-electron chi connectivity index (χ2n) is 5.05. The largest absolute Gasteiger partial charge is 0.508 e. The van der Waals surface area contributed by atoms with Gasteiger partial charge in [0.25, 0.3) is 5.91 Å². The lowest BCUT2D eigenvalue weighted by atomic mass is 9.95. The SMILES string of the molecule is CC1CCCC(CN)N1C(=O)c1ccc(O)cc1F. The zero-order valence-electron chi connectivity index (χ0n) is 11.0. The zero-order valence-corrected chi connectivity index (χ0v) is 11.0. The Morgan fingerprint density at radius 3 is 2.89 bits per heavy atom. The van der Waals surface area contributed by atoms with Crippen molar-refractivity contribution in [2.24, 2.45) is 5.73 Å². The van der Waals surface area contributed by atoms with Gasteiger partial charge in [-0.25, -0.2) is 4.39 Å². The van der Waals surface area contributed by atoms with Crippen LogP contribution in [0.15, 0.2) is 18.2 Å². The number of phenolic OH excluding ortho intramolecular Hbond substituents is 1. The molecule has 4 nitrogen and oxygen atoms in total. The average molecular weight is 266 g/mol. The molecule has 0 radical (unpaired) electrons. The number of aromatic hydroxyl groups is 1. The zero-order chi connectivity index (χ0) is 14.0. The lowest BCUT2D eigenvalue weighted by Gasteiger charge is -2.40. The molecule has 2 rings (SSSR count). The minimum absolute atomic E-state index is 0.00926. The van der Waals surface area contributed by atoms with Gasteiger partial charge in [-0.2, -0.15) is 0 Å². The number of nitrogens with zero attached hydrogens (tertiary/aromatic N) is 1. The van der Waals surface area contributed by atoms with Crippen LogP contribution in [0.2, 0.25) is 0 Å². The van der Waals surface area contributed by atoms with Crippen LogP contribution in [0.25, 0.3) is 0 Å². The number of benzene rings is 1. The highest BCUT2D eigenvalue weighted by Crippen LogP contribution is 2.26. The maximum Gasteiger partial charge on any atom is 0.257 e. The van der Waals surface area contributed by atoms with Crippen LogP contribution in [0.4, 0.5) is 4.39 Å². The van der Waals surface area contributed by atoms with E-state index in [1.807, 2.05) is 6.92 Å². The minimum Gasteiger partial charge on any atom is -0.508 e. The summed E-state index contributed by atoms with van der Waals surface area (Å²) < 4.78 is 13.8. The summed E-state index contributed by atoms with van der Waals surface area (Å²) in [5, 5.41) is 9.19. The molecule has 1 aliphatic heterocycles. The lowest BCUT2D eigenvalue weighted by molar-refractivity contribution is 0.0489. The normalized spacial score (nSPS) is 23.4. The minimum atomic E-state index is -0.696. The molecular formula is C14H19FN2O2. The molecule has 2 atom stereocenters. The molecule has 1 aliphatic rings. The van der Waals surface area contributed by atoms with Crippen LogP contribution < -0.4 is 5.73 Å². The molecule has 0 bridgehead atoms. The van der Waals surface area contributed by atoms with Gasteiger partial charge >= 0.3 is 0 Å². The third-order valence-electron chi connectivity index (χ3n) is 3.72. The van der Waals surface area contributed by atoms with E-state index in [9.17, 15) is 14.3 Å². The molecule has 1 aromatic carbocycles. The fourth-order valence-corrected chi connectivity index (χ4v) is 2.70. The van der Waals surface area contributed by atoms with E-state index >= 15 is 0 Å². The van der Waals surface area contributed by atoms with Crippen LogP contribution >= 0.6 is 0 Å². The number of hydrogen-bond acceptors (Lipinski definition) is 3. The molecule has 19 heavy (non-hydrogen) atoms. The number of halogens is 1. The highest BCUT2D eigenvalue weighted by Gasteiger charge is 2.32. The molecule has 0 aromatic heterocycles. The summed E-state index contributed by atoms with van der Waals surface area (Å²) >= 11 is 0. The fourth-order valence-electron chi connectivity index (χ4n) is 2.70. The molecular weight excluding hydrogens is 247 g/mol. The molecule has 0 spiro atoms. The Bertz CT molecular complexity index is 479. The fraction of sp³-hybridized carbons (Fsp3) is 0.500. The number of carbonyl (C=O) groups is 1. The summed E-state index contributed by atoms with van der Waals surface area (Å²) in [5.74, 6) is -1.23. The Hall–Kier alpha value is -1.62. The van der Waals surface area contributed by atoms with Gasteiger partial charge in [-0.1, -0.05) is 0 Å². The Labute approximate surface area is 112 Å². The first-order valence-electron chi connectivity index (χ1n) is 6.56. The Kier molecular flexibility index (Phi) is 4.04. The third kappa shape index (κ3) is 2.71. The van der Waals surface area contributed by atoms with Gasteiger partial charge in [0.15, 0.2) is 0 Å². The predicted molar refractivity (Wildman–Crippen MR) is 70.4 cm³/mol. The van der Waals surface area contributed by atoms with Crippen LogP contribution in [0.3, 0.4) is 0 Å². The smallest absolute Gasteiger partial charge is 0.257 e. The van der Waals surface area contributed by atoms with Crippen molar-refractivity contribution in [1.82, 2.24) is 4.90 Å². The topological polar surface area (TPSA) is 66.6 Å². The van der Waals surface area contributed by atoms with Crippen LogP contribution in [-0.2, 0) is 0 Å². The van der Waals surface area contributed by atoms with E-state index in [1.54, 1.807) is 4.90 Å². The molecule has 0 saturated carbocycles. The van der Waals surface area contributed by atoms with Crippen molar-refractivity contribution >= 4 is 5.91 Å². The van der Waals surface area contributed by atoms with Crippen molar-refractivity contribution < 1.29 is 14.3 Å². The Morgan fingerprint density at radius 1 is 1.53 bits per heavy atom. The lowest BCUT2D eigenvalue weighted by Crippen LogP contribution is -2.52. The summed E-state index contributed by atoms with van der Waals surface area (Å²) in [4.78, 5) is 14.1. The number of hydrogen-bond donors (Lipinski definition) is 2. The third-order valence-corrected chi connectivity index (χ3v) is 3.72. The molecule has 104 valence electrons. The van der Waals surface area contributed by atoms with Gasteiger partial charge in [-0.05, 0) is 38.3 Å². The van der Waals surface area contributed by atoms with Gasteiger partial charge in [0, 0.05) is 24.7 Å². The van der Waals surface area contributed by atoms with Crippen LogP contribution in [0.1, 0.15) is 36.5 Å². The van der Waals surface area contributed by atoms with Gasteiger partial charge in [-0.15, -0.1) is 0 Å². The van der Waals surface area contributed by atoms with Crippen molar-refractivity contribution in [3.63, 3.8) is 0 Å². The molecule has 1 amide bonds. The van der Waals surface area contributed by atoms with Gasteiger partial charge in [0.2, 0.25) is 0 Å². The van der Waals surface area contributed by atoms with E-state index < -0.39 is 5.82 Å². The van der Waals surface area contributed by atoms with Crippen LogP contribution in [0, 0.1) is 5.82 Å². The molecule has 1 aromatic rings. The quantitative estimate of drug-likeness (QED) is 0.858. The van der Waals surface area contributed by atoms with E-state index in [4.69, 9.17) is 5.73 Å². The van der Waals surface area contributed by atoms with E-state index in [0.717, 1.165) is 25.3 Å². The van der Waals surface area contributed by atoms with Crippen LogP contribution in [-0.4, -0.2) is 34.5 Å². The first-order chi connectivity index (χ1) is 9.04. The highest BCUT2D eigenvalue weighted by atomic mass is 19.1. The summed E-state index contributed by atoms with van der Waals surface area (Å²) in [5.41, 5.74) is 5.70. The van der Waals surface area contributed by atoms with E-state index in [-0.39, 0.29) is 29.3 Å². The monoisotopic (exact) mass is 266 g/mol. The second-order valence-corrected chi connectivity index (χ2v) is 5.05. The molecule has 0 aliphatic carbocycles. The number of carbonyl (C=O) groups excluding carboxylic acids is 1. The van der Waals surface area contributed by atoms with Gasteiger partial charge in [0.05, 0.1) is 5.56 Å². The first-order valence-corrected chi connectivity index (χ1v) is 6.56. The standard InChI is InChI=1S/C14H19FN2O2/c1-9-3-2-4-10(8-16)17(9)14(19)12-6-5-11(18)7-13(12)15/h5-7,9-10,18H,2-4,8,16H2,1H3. The molecule has 3 N–H and O–H groups in total. The van der Waals surface area contributed by atoms with Crippen LogP contribution in [0.5, 0.6) is 5.75 Å². The van der Waals surface area contributed by atoms with Gasteiger partial charge < -0.3 is 15.7 Å². The number of phenols is 1.